The lowest BCUT2D eigenvalue weighted by Gasteiger charge is -2.12. The Kier molecular flexibility index (Phi) is 4.90. The van der Waals surface area contributed by atoms with E-state index in [1.54, 1.807) is 0 Å². The van der Waals surface area contributed by atoms with Gasteiger partial charge < -0.3 is 8.98 Å². The molecule has 0 bridgehead atoms. The predicted molar refractivity (Wildman–Crippen MR) is 199 cm³/mol. The molecule has 11 aromatic rings. The molecule has 11 rings (SSSR count). The van der Waals surface area contributed by atoms with Crippen LogP contribution in [0.1, 0.15) is 0 Å². The highest BCUT2D eigenvalue weighted by Gasteiger charge is 2.20. The normalized spacial score (nSPS) is 12.3. The van der Waals surface area contributed by atoms with Gasteiger partial charge in [-0.05, 0) is 71.8 Å². The first-order chi connectivity index (χ1) is 22.8. The minimum absolute atomic E-state index is 0.923. The van der Waals surface area contributed by atoms with E-state index in [1.807, 2.05) is 28.7 Å². The fraction of sp³-hybridized carbons (Fsp3) is 0. The SMILES string of the molecule is c1ccc2c(c1)oc1cc3c4ccccc4n(-c4cccc5sc6cccc(-c7ccc8sc9ccccc9c8c7)c6c45)c3cc12. The number of aromatic nitrogens is 1. The van der Waals surface area contributed by atoms with Gasteiger partial charge in [-0.25, -0.2) is 0 Å². The van der Waals surface area contributed by atoms with Crippen LogP contribution in [0.25, 0.3) is 101 Å². The number of hydrogen-bond donors (Lipinski definition) is 0. The van der Waals surface area contributed by atoms with Crippen molar-refractivity contribution in [2.45, 2.75) is 0 Å². The molecule has 4 heterocycles. The molecular formula is C42H23NOS2. The van der Waals surface area contributed by atoms with Gasteiger partial charge in [0.1, 0.15) is 11.2 Å². The predicted octanol–water partition coefficient (Wildman–Crippen LogP) is 13.1. The molecule has 4 heteroatoms. The Bertz CT molecular complexity index is 3040. The molecule has 214 valence electrons. The quantitative estimate of drug-likeness (QED) is 0.188. The van der Waals surface area contributed by atoms with Crippen LogP contribution in [-0.2, 0) is 0 Å². The van der Waals surface area contributed by atoms with Gasteiger partial charge in [0.15, 0.2) is 0 Å². The molecule has 0 amide bonds. The summed E-state index contributed by atoms with van der Waals surface area (Å²) >= 11 is 3.75. The maximum Gasteiger partial charge on any atom is 0.136 e. The third kappa shape index (κ3) is 3.30. The molecular weight excluding hydrogens is 599 g/mol. The summed E-state index contributed by atoms with van der Waals surface area (Å²) in [6, 6.07) is 51.0. The molecule has 46 heavy (non-hydrogen) atoms. The van der Waals surface area contributed by atoms with Crippen LogP contribution in [0.15, 0.2) is 144 Å². The summed E-state index contributed by atoms with van der Waals surface area (Å²) in [5, 5.41) is 10.00. The Balaban J connectivity index is 1.26. The summed E-state index contributed by atoms with van der Waals surface area (Å²) in [5.74, 6) is 0. The fourth-order valence-electron chi connectivity index (χ4n) is 7.62. The maximum atomic E-state index is 6.35. The van der Waals surface area contributed by atoms with Crippen molar-refractivity contribution in [3.05, 3.63) is 140 Å². The van der Waals surface area contributed by atoms with Gasteiger partial charge in [0, 0.05) is 61.9 Å². The summed E-state index contributed by atoms with van der Waals surface area (Å²) in [6.45, 7) is 0. The van der Waals surface area contributed by atoms with Gasteiger partial charge in [0.05, 0.1) is 16.7 Å². The lowest BCUT2D eigenvalue weighted by atomic mass is 9.97. The van der Waals surface area contributed by atoms with E-state index in [0.29, 0.717) is 0 Å². The van der Waals surface area contributed by atoms with E-state index in [9.17, 15) is 0 Å². The summed E-state index contributed by atoms with van der Waals surface area (Å²) in [5.41, 5.74) is 7.97. The van der Waals surface area contributed by atoms with Crippen LogP contribution in [-0.4, -0.2) is 4.57 Å². The molecule has 0 unspecified atom stereocenters. The summed E-state index contributed by atoms with van der Waals surface area (Å²) in [4.78, 5) is 0. The zero-order valence-corrected chi connectivity index (χ0v) is 26.1. The Hall–Kier alpha value is -5.42. The monoisotopic (exact) mass is 621 g/mol. The second-order valence-corrected chi connectivity index (χ2v) is 14.2. The van der Waals surface area contributed by atoms with Crippen LogP contribution >= 0.6 is 22.7 Å². The maximum absolute atomic E-state index is 6.35. The Morgan fingerprint density at radius 3 is 2.07 bits per heavy atom. The molecule has 0 aliphatic rings. The summed E-state index contributed by atoms with van der Waals surface area (Å²) in [6.07, 6.45) is 0. The standard InChI is InChI=1S/C42H23NOS2/c1-4-13-32-26(9-1)29-23-36-30(27-10-2-5-15-35(27)44-36)22-34(29)43(32)33-14-8-18-40-42(33)41-25(12-7-17-39(41)46-40)24-19-20-38-31(21-24)28-11-3-6-16-37(28)45-38/h1-23H. The van der Waals surface area contributed by atoms with E-state index >= 15 is 0 Å². The summed E-state index contributed by atoms with van der Waals surface area (Å²) in [7, 11) is 0. The van der Waals surface area contributed by atoms with Gasteiger partial charge >= 0.3 is 0 Å². The average molecular weight is 622 g/mol. The van der Waals surface area contributed by atoms with Crippen molar-refractivity contribution >= 4 is 107 Å². The molecule has 7 aromatic carbocycles. The largest absolute Gasteiger partial charge is 0.456 e. The zero-order chi connectivity index (χ0) is 29.9. The van der Waals surface area contributed by atoms with E-state index in [0.717, 1.165) is 21.9 Å². The first-order valence-electron chi connectivity index (χ1n) is 15.5. The number of hydrogen-bond acceptors (Lipinski definition) is 3. The zero-order valence-electron chi connectivity index (χ0n) is 24.5. The van der Waals surface area contributed by atoms with E-state index < -0.39 is 0 Å². The molecule has 0 saturated heterocycles. The van der Waals surface area contributed by atoms with E-state index in [2.05, 4.69) is 138 Å². The third-order valence-electron chi connectivity index (χ3n) is 9.60. The minimum atomic E-state index is 0.923. The van der Waals surface area contributed by atoms with E-state index in [4.69, 9.17) is 4.42 Å². The lowest BCUT2D eigenvalue weighted by molar-refractivity contribution is 0.669. The van der Waals surface area contributed by atoms with Crippen molar-refractivity contribution < 1.29 is 4.42 Å². The van der Waals surface area contributed by atoms with Gasteiger partial charge in [-0.15, -0.1) is 22.7 Å². The van der Waals surface area contributed by atoms with Gasteiger partial charge in [-0.3, -0.25) is 0 Å². The van der Waals surface area contributed by atoms with Crippen molar-refractivity contribution in [3.63, 3.8) is 0 Å². The molecule has 0 aliphatic carbocycles. The first-order valence-corrected chi connectivity index (χ1v) is 17.1. The second-order valence-electron chi connectivity index (χ2n) is 12.1. The fourth-order valence-corrected chi connectivity index (χ4v) is 9.85. The molecule has 0 fully saturated rings. The molecule has 0 N–H and O–H groups in total. The van der Waals surface area contributed by atoms with Crippen molar-refractivity contribution in [2.24, 2.45) is 0 Å². The Morgan fingerprint density at radius 2 is 1.13 bits per heavy atom. The van der Waals surface area contributed by atoms with Crippen LogP contribution in [0.3, 0.4) is 0 Å². The van der Waals surface area contributed by atoms with Crippen molar-refractivity contribution in [1.82, 2.24) is 4.57 Å². The number of furan rings is 1. The topological polar surface area (TPSA) is 18.1 Å². The van der Waals surface area contributed by atoms with Gasteiger partial charge in [0.2, 0.25) is 0 Å². The number of rotatable bonds is 2. The van der Waals surface area contributed by atoms with E-state index in [1.165, 1.54) is 79.0 Å². The van der Waals surface area contributed by atoms with Gasteiger partial charge in [-0.2, -0.15) is 0 Å². The first kappa shape index (κ1) is 24.8. The number of para-hydroxylation sites is 2. The third-order valence-corrected chi connectivity index (χ3v) is 11.9. The second kappa shape index (κ2) is 9.07. The molecule has 0 saturated carbocycles. The minimum Gasteiger partial charge on any atom is -0.456 e. The Labute approximate surface area is 270 Å². The average Bonchev–Trinajstić information content (AvgIpc) is 3.85. The Morgan fingerprint density at radius 1 is 0.413 bits per heavy atom. The molecule has 0 aliphatic heterocycles. The molecule has 0 radical (unpaired) electrons. The number of benzene rings is 7. The molecule has 2 nitrogen and oxygen atoms in total. The summed E-state index contributed by atoms with van der Waals surface area (Å²) < 4.78 is 14.1. The molecule has 0 spiro atoms. The number of nitrogens with zero attached hydrogens (tertiary/aromatic N) is 1. The van der Waals surface area contributed by atoms with Crippen molar-refractivity contribution in [2.75, 3.05) is 0 Å². The van der Waals surface area contributed by atoms with Crippen molar-refractivity contribution in [1.29, 1.82) is 0 Å². The van der Waals surface area contributed by atoms with Gasteiger partial charge in [0.25, 0.3) is 0 Å². The van der Waals surface area contributed by atoms with Crippen LogP contribution < -0.4 is 0 Å². The van der Waals surface area contributed by atoms with E-state index in [-0.39, 0.29) is 0 Å². The smallest absolute Gasteiger partial charge is 0.136 e. The van der Waals surface area contributed by atoms with Crippen molar-refractivity contribution in [3.8, 4) is 16.8 Å². The molecule has 0 atom stereocenters. The lowest BCUT2D eigenvalue weighted by Crippen LogP contribution is -1.95. The highest BCUT2D eigenvalue weighted by Crippen LogP contribution is 2.46. The van der Waals surface area contributed by atoms with Crippen LogP contribution in [0.4, 0.5) is 0 Å². The number of thiophene rings is 2. The van der Waals surface area contributed by atoms with Crippen LogP contribution in [0.2, 0.25) is 0 Å². The highest BCUT2D eigenvalue weighted by atomic mass is 32.1. The molecule has 4 aromatic heterocycles. The highest BCUT2D eigenvalue weighted by molar-refractivity contribution is 7.26. The van der Waals surface area contributed by atoms with Crippen LogP contribution in [0, 0.1) is 0 Å². The van der Waals surface area contributed by atoms with Crippen LogP contribution in [0.5, 0.6) is 0 Å². The number of fused-ring (bicyclic) bond motifs is 12. The van der Waals surface area contributed by atoms with Gasteiger partial charge in [-0.1, -0.05) is 78.9 Å².